The Kier molecular flexibility index (Phi) is 2.90. The van der Waals surface area contributed by atoms with Crippen LogP contribution < -0.4 is 0 Å². The van der Waals surface area contributed by atoms with Crippen molar-refractivity contribution in [1.29, 1.82) is 0 Å². The molecule has 0 saturated heterocycles. The van der Waals surface area contributed by atoms with Crippen LogP contribution >= 0.6 is 0 Å². The number of aryl methyl sites for hydroxylation is 2. The van der Waals surface area contributed by atoms with Gasteiger partial charge < -0.3 is 14.3 Å². The summed E-state index contributed by atoms with van der Waals surface area (Å²) in [6, 6.07) is 3.88. The Labute approximate surface area is 98.8 Å². The second-order valence-electron chi connectivity index (χ2n) is 4.05. The highest BCUT2D eigenvalue weighted by Gasteiger charge is 2.21. The number of carboxylic acids is 1. The Hall–Kier alpha value is -1.81. The molecule has 0 atom stereocenters. The Morgan fingerprint density at radius 1 is 1.35 bits per heavy atom. The minimum atomic E-state index is -1.06. The van der Waals surface area contributed by atoms with Crippen molar-refractivity contribution < 1.29 is 19.1 Å². The number of hydrogen-bond acceptors (Lipinski definition) is 3. The second kappa shape index (κ2) is 4.22. The van der Waals surface area contributed by atoms with Gasteiger partial charge in [0, 0.05) is 18.1 Å². The number of hydrogen-bond donors (Lipinski definition) is 1. The summed E-state index contributed by atoms with van der Waals surface area (Å²) in [5.41, 5.74) is 3.16. The van der Waals surface area contributed by atoms with Gasteiger partial charge in [-0.15, -0.1) is 0 Å². The van der Waals surface area contributed by atoms with Gasteiger partial charge in [-0.05, 0) is 25.0 Å². The first-order valence-electron chi connectivity index (χ1n) is 5.30. The number of carbonyl (C=O) groups is 1. The van der Waals surface area contributed by atoms with Crippen LogP contribution in [0.3, 0.4) is 0 Å². The van der Waals surface area contributed by atoms with Crippen LogP contribution in [0.25, 0.3) is 11.0 Å². The van der Waals surface area contributed by atoms with Crippen molar-refractivity contribution in [2.45, 2.75) is 20.5 Å². The van der Waals surface area contributed by atoms with Crippen LogP contribution in [0.4, 0.5) is 0 Å². The summed E-state index contributed by atoms with van der Waals surface area (Å²) in [7, 11) is 1.54. The molecule has 1 heterocycles. The van der Waals surface area contributed by atoms with Crippen molar-refractivity contribution >= 4 is 16.9 Å². The number of carboxylic acid groups (broad SMARTS) is 1. The van der Waals surface area contributed by atoms with Crippen LogP contribution in [0.15, 0.2) is 16.5 Å². The highest BCUT2D eigenvalue weighted by atomic mass is 16.5. The molecule has 0 amide bonds. The van der Waals surface area contributed by atoms with E-state index in [9.17, 15) is 4.79 Å². The van der Waals surface area contributed by atoms with Crippen LogP contribution in [-0.4, -0.2) is 18.2 Å². The zero-order valence-corrected chi connectivity index (χ0v) is 10.0. The molecule has 1 aromatic carbocycles. The molecule has 0 aliphatic carbocycles. The predicted octanol–water partition coefficient (Wildman–Crippen LogP) is 2.89. The molecule has 2 aromatic rings. The van der Waals surface area contributed by atoms with Gasteiger partial charge in [0.1, 0.15) is 5.58 Å². The molecule has 0 fully saturated rings. The summed E-state index contributed by atoms with van der Waals surface area (Å²) in [5, 5.41) is 9.98. The summed E-state index contributed by atoms with van der Waals surface area (Å²) in [5.74, 6) is -1.09. The molecule has 4 nitrogen and oxygen atoms in total. The van der Waals surface area contributed by atoms with Crippen LogP contribution in [0, 0.1) is 13.8 Å². The number of benzene rings is 1. The minimum absolute atomic E-state index is 0.0285. The number of furan rings is 1. The molecule has 90 valence electrons. The van der Waals surface area contributed by atoms with Crippen molar-refractivity contribution in [3.05, 3.63) is 34.6 Å². The Balaban J connectivity index is 2.84. The van der Waals surface area contributed by atoms with E-state index in [1.807, 2.05) is 26.0 Å². The molecule has 0 unspecified atom stereocenters. The molecule has 2 rings (SSSR count). The summed E-state index contributed by atoms with van der Waals surface area (Å²) in [6.07, 6.45) is 0. The smallest absolute Gasteiger partial charge is 0.372 e. The van der Waals surface area contributed by atoms with Crippen molar-refractivity contribution in [3.63, 3.8) is 0 Å². The fraction of sp³-hybridized carbons (Fsp3) is 0.308. The van der Waals surface area contributed by atoms with Crippen LogP contribution in [0.1, 0.15) is 27.2 Å². The average Bonchev–Trinajstić information content (AvgIpc) is 2.65. The maximum absolute atomic E-state index is 11.1. The second-order valence-corrected chi connectivity index (χ2v) is 4.05. The molecule has 0 aliphatic heterocycles. The van der Waals surface area contributed by atoms with Gasteiger partial charge >= 0.3 is 5.97 Å². The number of fused-ring (bicyclic) bond motifs is 1. The third-order valence-corrected chi connectivity index (χ3v) is 2.83. The molecule has 0 spiro atoms. The van der Waals surface area contributed by atoms with Gasteiger partial charge in [0.05, 0.1) is 6.61 Å². The van der Waals surface area contributed by atoms with Gasteiger partial charge in [-0.2, -0.15) is 0 Å². The molecule has 1 aromatic heterocycles. The van der Waals surface area contributed by atoms with E-state index in [1.165, 1.54) is 7.11 Å². The molecule has 1 N–H and O–H groups in total. The van der Waals surface area contributed by atoms with E-state index in [4.69, 9.17) is 14.3 Å². The molecule has 17 heavy (non-hydrogen) atoms. The first-order chi connectivity index (χ1) is 8.06. The lowest BCUT2D eigenvalue weighted by molar-refractivity contribution is 0.0658. The van der Waals surface area contributed by atoms with Gasteiger partial charge in [-0.3, -0.25) is 0 Å². The lowest BCUT2D eigenvalue weighted by Crippen LogP contribution is -2.00. The van der Waals surface area contributed by atoms with E-state index < -0.39 is 5.97 Å². The number of ether oxygens (including phenoxy) is 1. The maximum atomic E-state index is 11.1. The van der Waals surface area contributed by atoms with Crippen molar-refractivity contribution in [2.24, 2.45) is 0 Å². The third-order valence-electron chi connectivity index (χ3n) is 2.83. The Morgan fingerprint density at radius 2 is 2.00 bits per heavy atom. The number of methoxy groups -OCH3 is 1. The van der Waals surface area contributed by atoms with E-state index in [1.54, 1.807) is 0 Å². The topological polar surface area (TPSA) is 59.7 Å². The quantitative estimate of drug-likeness (QED) is 0.887. The van der Waals surface area contributed by atoms with Gasteiger partial charge in [0.25, 0.3) is 0 Å². The summed E-state index contributed by atoms with van der Waals surface area (Å²) in [4.78, 5) is 11.1. The van der Waals surface area contributed by atoms with Crippen molar-refractivity contribution in [1.82, 2.24) is 0 Å². The Bertz CT molecular complexity index is 581. The molecule has 0 radical (unpaired) electrons. The van der Waals surface area contributed by atoms with Crippen LogP contribution in [0.2, 0.25) is 0 Å². The largest absolute Gasteiger partial charge is 0.475 e. The molecule has 4 heteroatoms. The fourth-order valence-corrected chi connectivity index (χ4v) is 2.02. The molecule has 0 aliphatic rings. The number of rotatable bonds is 3. The minimum Gasteiger partial charge on any atom is -0.475 e. The number of aromatic carboxylic acids is 1. The molecule has 0 bridgehead atoms. The van der Waals surface area contributed by atoms with Gasteiger partial charge in [0.15, 0.2) is 0 Å². The molecule has 0 saturated carbocycles. The first kappa shape index (κ1) is 11.7. The highest BCUT2D eigenvalue weighted by Crippen LogP contribution is 2.31. The normalized spacial score (nSPS) is 11.0. The van der Waals surface area contributed by atoms with Crippen molar-refractivity contribution in [3.8, 4) is 0 Å². The summed E-state index contributed by atoms with van der Waals surface area (Å²) < 4.78 is 10.5. The van der Waals surface area contributed by atoms with Crippen LogP contribution in [0.5, 0.6) is 0 Å². The van der Waals surface area contributed by atoms with E-state index >= 15 is 0 Å². The first-order valence-corrected chi connectivity index (χ1v) is 5.30. The van der Waals surface area contributed by atoms with E-state index in [2.05, 4.69) is 0 Å². The van der Waals surface area contributed by atoms with E-state index in [0.717, 1.165) is 16.5 Å². The van der Waals surface area contributed by atoms with Gasteiger partial charge in [0.2, 0.25) is 5.76 Å². The monoisotopic (exact) mass is 234 g/mol. The molecular formula is C13H14O4. The van der Waals surface area contributed by atoms with Crippen LogP contribution in [-0.2, 0) is 11.3 Å². The summed E-state index contributed by atoms with van der Waals surface area (Å²) in [6.45, 7) is 4.06. The van der Waals surface area contributed by atoms with E-state index in [-0.39, 0.29) is 12.4 Å². The standard InChI is InChI=1S/C13H14O4/c1-7-4-5-8(2)11-10(7)9(6-16-3)12(17-11)13(14)15/h4-5H,6H2,1-3H3,(H,14,15). The zero-order valence-electron chi connectivity index (χ0n) is 10.0. The summed E-state index contributed by atoms with van der Waals surface area (Å²) >= 11 is 0. The molecular weight excluding hydrogens is 220 g/mol. The van der Waals surface area contributed by atoms with Crippen molar-refractivity contribution in [2.75, 3.05) is 7.11 Å². The lowest BCUT2D eigenvalue weighted by Gasteiger charge is -2.01. The third kappa shape index (κ3) is 1.80. The Morgan fingerprint density at radius 3 is 2.59 bits per heavy atom. The maximum Gasteiger partial charge on any atom is 0.372 e. The van der Waals surface area contributed by atoms with Gasteiger partial charge in [-0.25, -0.2) is 4.79 Å². The van der Waals surface area contributed by atoms with Gasteiger partial charge in [-0.1, -0.05) is 12.1 Å². The van der Waals surface area contributed by atoms with E-state index in [0.29, 0.717) is 11.1 Å². The SMILES string of the molecule is COCc1c(C(=O)O)oc2c(C)ccc(C)c12. The average molecular weight is 234 g/mol. The predicted molar refractivity (Wildman–Crippen MR) is 63.4 cm³/mol. The highest BCUT2D eigenvalue weighted by molar-refractivity contribution is 5.97. The fourth-order valence-electron chi connectivity index (χ4n) is 2.02. The lowest BCUT2D eigenvalue weighted by atomic mass is 10.0. The zero-order chi connectivity index (χ0) is 12.6.